The quantitative estimate of drug-likeness (QED) is 0.833. The van der Waals surface area contributed by atoms with Gasteiger partial charge in [-0.2, -0.15) is 0 Å². The molecule has 0 spiro atoms. The van der Waals surface area contributed by atoms with E-state index in [1.165, 1.54) is 18.0 Å². The third-order valence-corrected chi connectivity index (χ3v) is 4.68. The number of aromatic nitrogens is 2. The van der Waals surface area contributed by atoms with Gasteiger partial charge in [0, 0.05) is 50.3 Å². The molecule has 2 fully saturated rings. The molecule has 0 amide bonds. The van der Waals surface area contributed by atoms with E-state index in [1.807, 2.05) is 0 Å². The zero-order valence-corrected chi connectivity index (χ0v) is 11.8. The highest BCUT2D eigenvalue weighted by Gasteiger charge is 2.29. The summed E-state index contributed by atoms with van der Waals surface area (Å²) in [5.74, 6) is 0. The van der Waals surface area contributed by atoms with Gasteiger partial charge in [-0.05, 0) is 6.42 Å². The second-order valence-corrected chi connectivity index (χ2v) is 6.18. The van der Waals surface area contributed by atoms with E-state index in [2.05, 4.69) is 19.4 Å². The molecule has 0 aromatic carbocycles. The molecule has 0 N–H and O–H groups in total. The first-order valence-electron chi connectivity index (χ1n) is 6.34. The summed E-state index contributed by atoms with van der Waals surface area (Å²) in [6.45, 7) is 6.94. The molecule has 1 aromatic rings. The summed E-state index contributed by atoms with van der Waals surface area (Å²) in [7, 11) is 0. The minimum atomic E-state index is 0.666. The van der Waals surface area contributed by atoms with Crippen LogP contribution < -0.4 is 0 Å². The Balaban J connectivity index is 1.53. The van der Waals surface area contributed by atoms with Crippen LogP contribution in [0.4, 0.5) is 0 Å². The SMILES string of the molecule is Clc1snnc1CN1CCC(N2CCOCC2)C1. The van der Waals surface area contributed by atoms with Crippen LogP contribution in [0.5, 0.6) is 0 Å². The maximum Gasteiger partial charge on any atom is 0.138 e. The first kappa shape index (κ1) is 12.7. The molecule has 1 aromatic heterocycles. The molecule has 2 aliphatic rings. The lowest BCUT2D eigenvalue weighted by molar-refractivity contribution is 0.0183. The Morgan fingerprint density at radius 2 is 2.17 bits per heavy atom. The van der Waals surface area contributed by atoms with Crippen molar-refractivity contribution in [1.29, 1.82) is 0 Å². The Kier molecular flexibility index (Phi) is 4.10. The zero-order valence-electron chi connectivity index (χ0n) is 10.2. The van der Waals surface area contributed by atoms with Gasteiger partial charge in [0.25, 0.3) is 0 Å². The van der Waals surface area contributed by atoms with Crippen molar-refractivity contribution in [2.45, 2.75) is 19.0 Å². The highest BCUT2D eigenvalue weighted by molar-refractivity contribution is 7.10. The van der Waals surface area contributed by atoms with Crippen molar-refractivity contribution in [3.05, 3.63) is 10.0 Å². The van der Waals surface area contributed by atoms with Crippen LogP contribution in [0.25, 0.3) is 0 Å². The molecule has 0 saturated carbocycles. The highest BCUT2D eigenvalue weighted by atomic mass is 35.5. The van der Waals surface area contributed by atoms with Crippen molar-refractivity contribution in [3.8, 4) is 0 Å². The monoisotopic (exact) mass is 288 g/mol. The molecular formula is C11H17ClN4OS. The van der Waals surface area contributed by atoms with Crippen LogP contribution in [0.1, 0.15) is 12.1 Å². The number of hydrogen-bond donors (Lipinski definition) is 0. The number of halogens is 1. The smallest absolute Gasteiger partial charge is 0.138 e. The van der Waals surface area contributed by atoms with E-state index in [0.29, 0.717) is 6.04 Å². The van der Waals surface area contributed by atoms with Crippen molar-refractivity contribution >= 4 is 23.1 Å². The van der Waals surface area contributed by atoms with Crippen molar-refractivity contribution in [2.75, 3.05) is 39.4 Å². The van der Waals surface area contributed by atoms with Crippen LogP contribution in [-0.2, 0) is 11.3 Å². The first-order valence-corrected chi connectivity index (χ1v) is 7.49. The summed E-state index contributed by atoms with van der Waals surface area (Å²) in [6.07, 6.45) is 1.23. The van der Waals surface area contributed by atoms with E-state index in [0.717, 1.165) is 56.0 Å². The maximum atomic E-state index is 6.04. The van der Waals surface area contributed by atoms with Crippen molar-refractivity contribution in [2.24, 2.45) is 0 Å². The fraction of sp³-hybridized carbons (Fsp3) is 0.818. The van der Waals surface area contributed by atoms with Gasteiger partial charge in [0.1, 0.15) is 10.0 Å². The molecule has 0 bridgehead atoms. The fourth-order valence-corrected chi connectivity index (χ4v) is 3.31. The number of hydrogen-bond acceptors (Lipinski definition) is 6. The molecule has 1 unspecified atom stereocenters. The lowest BCUT2D eigenvalue weighted by atomic mass is 10.2. The Bertz CT molecular complexity index is 396. The molecule has 3 rings (SSSR count). The van der Waals surface area contributed by atoms with Crippen LogP contribution in [0.15, 0.2) is 0 Å². The average molecular weight is 289 g/mol. The number of nitrogens with zero attached hydrogens (tertiary/aromatic N) is 4. The van der Waals surface area contributed by atoms with Gasteiger partial charge in [0.2, 0.25) is 0 Å². The fourth-order valence-electron chi connectivity index (χ4n) is 2.70. The van der Waals surface area contributed by atoms with Gasteiger partial charge in [-0.1, -0.05) is 16.1 Å². The Labute approximate surface area is 116 Å². The Morgan fingerprint density at radius 1 is 1.33 bits per heavy atom. The minimum absolute atomic E-state index is 0.666. The van der Waals surface area contributed by atoms with Crippen molar-refractivity contribution in [1.82, 2.24) is 19.4 Å². The summed E-state index contributed by atoms with van der Waals surface area (Å²) < 4.78 is 10.0. The summed E-state index contributed by atoms with van der Waals surface area (Å²) in [6, 6.07) is 0.666. The number of likely N-dealkylation sites (tertiary alicyclic amines) is 1. The summed E-state index contributed by atoms with van der Waals surface area (Å²) in [4.78, 5) is 4.97. The number of ether oxygens (including phenoxy) is 1. The van der Waals surface area contributed by atoms with Crippen molar-refractivity contribution in [3.63, 3.8) is 0 Å². The maximum absolute atomic E-state index is 6.04. The molecule has 0 aliphatic carbocycles. The van der Waals surface area contributed by atoms with E-state index < -0.39 is 0 Å². The van der Waals surface area contributed by atoms with Gasteiger partial charge in [-0.25, -0.2) is 0 Å². The molecule has 7 heteroatoms. The molecule has 5 nitrogen and oxygen atoms in total. The molecule has 2 saturated heterocycles. The minimum Gasteiger partial charge on any atom is -0.379 e. The highest BCUT2D eigenvalue weighted by Crippen LogP contribution is 2.23. The molecule has 2 aliphatic heterocycles. The van der Waals surface area contributed by atoms with E-state index in [4.69, 9.17) is 16.3 Å². The third-order valence-electron chi connectivity index (χ3n) is 3.69. The van der Waals surface area contributed by atoms with Gasteiger partial charge in [0.05, 0.1) is 13.2 Å². The second kappa shape index (κ2) is 5.79. The first-order chi connectivity index (χ1) is 8.83. The standard InChI is InChI=1S/C11H17ClN4OS/c12-11-10(13-14-18-11)8-15-2-1-9(7-15)16-3-5-17-6-4-16/h9H,1-8H2. The van der Waals surface area contributed by atoms with E-state index in [1.54, 1.807) is 0 Å². The topological polar surface area (TPSA) is 41.5 Å². The van der Waals surface area contributed by atoms with Crippen LogP contribution in [0, 0.1) is 0 Å². The van der Waals surface area contributed by atoms with E-state index in [-0.39, 0.29) is 0 Å². The van der Waals surface area contributed by atoms with Crippen LogP contribution in [0.2, 0.25) is 4.34 Å². The lowest BCUT2D eigenvalue weighted by Gasteiger charge is -2.32. The molecule has 0 radical (unpaired) electrons. The van der Waals surface area contributed by atoms with Gasteiger partial charge >= 0.3 is 0 Å². The zero-order chi connectivity index (χ0) is 12.4. The number of rotatable bonds is 3. The van der Waals surface area contributed by atoms with Crippen LogP contribution in [-0.4, -0.2) is 64.8 Å². The number of morpholine rings is 1. The van der Waals surface area contributed by atoms with Crippen LogP contribution >= 0.6 is 23.1 Å². The van der Waals surface area contributed by atoms with Gasteiger partial charge in [0.15, 0.2) is 0 Å². The predicted molar refractivity (Wildman–Crippen MR) is 71.0 cm³/mol. The molecule has 100 valence electrons. The Hall–Kier alpha value is -0.270. The van der Waals surface area contributed by atoms with Crippen molar-refractivity contribution < 1.29 is 4.74 Å². The molecule has 3 heterocycles. The van der Waals surface area contributed by atoms with Gasteiger partial charge < -0.3 is 4.74 Å². The third kappa shape index (κ3) is 2.83. The summed E-state index contributed by atoms with van der Waals surface area (Å²) in [5, 5.41) is 4.08. The van der Waals surface area contributed by atoms with E-state index in [9.17, 15) is 0 Å². The second-order valence-electron chi connectivity index (χ2n) is 4.82. The average Bonchev–Trinajstić information content (AvgIpc) is 3.02. The molecular weight excluding hydrogens is 272 g/mol. The van der Waals surface area contributed by atoms with Gasteiger partial charge in [-0.3, -0.25) is 9.80 Å². The normalized spacial score (nSPS) is 26.8. The molecule has 18 heavy (non-hydrogen) atoms. The van der Waals surface area contributed by atoms with E-state index >= 15 is 0 Å². The Morgan fingerprint density at radius 3 is 2.89 bits per heavy atom. The molecule has 1 atom stereocenters. The summed E-state index contributed by atoms with van der Waals surface area (Å²) in [5.41, 5.74) is 0.921. The van der Waals surface area contributed by atoms with Gasteiger partial charge in [-0.15, -0.1) is 5.10 Å². The lowest BCUT2D eigenvalue weighted by Crippen LogP contribution is -2.44. The van der Waals surface area contributed by atoms with Crippen LogP contribution in [0.3, 0.4) is 0 Å². The predicted octanol–water partition coefficient (Wildman–Crippen LogP) is 1.10. The summed E-state index contributed by atoms with van der Waals surface area (Å²) >= 11 is 7.31. The largest absolute Gasteiger partial charge is 0.379 e.